The molecule has 0 saturated heterocycles. The highest BCUT2D eigenvalue weighted by Crippen LogP contribution is 2.24. The largest absolute Gasteiger partial charge is 0.272 e. The maximum atomic E-state index is 5.55. The number of unbranched alkanes of at least 4 members (excludes halogenated alkanes) is 10. The lowest BCUT2D eigenvalue weighted by Crippen LogP contribution is -2.02. The molecular weight excluding hydrogens is 374 g/mol. The molecule has 156 valence electrons. The molecule has 1 heterocycles. The fourth-order valence-corrected chi connectivity index (χ4v) is 4.35. The Labute approximate surface area is 180 Å². The zero-order valence-corrected chi connectivity index (χ0v) is 18.6. The van der Waals surface area contributed by atoms with E-state index in [2.05, 4.69) is 64.2 Å². The predicted molar refractivity (Wildman–Crippen MR) is 126 cm³/mol. The summed E-state index contributed by atoms with van der Waals surface area (Å²) < 4.78 is 2.80. The molecule has 0 aliphatic rings. The van der Waals surface area contributed by atoms with Crippen molar-refractivity contribution in [2.24, 2.45) is 0 Å². The Bertz CT molecular complexity index is 920. The van der Waals surface area contributed by atoms with Crippen molar-refractivity contribution >= 4 is 23.0 Å². The molecule has 0 aliphatic carbocycles. The molecule has 0 saturated carbocycles. The minimum atomic E-state index is 0.680. The fraction of sp³-hybridized carbons (Fsp3) is 0.520. The van der Waals surface area contributed by atoms with Crippen LogP contribution in [-0.4, -0.2) is 14.8 Å². The Morgan fingerprint density at radius 3 is 2.14 bits per heavy atom. The first-order chi connectivity index (χ1) is 14.3. The maximum Gasteiger partial charge on any atom is 0.199 e. The van der Waals surface area contributed by atoms with Gasteiger partial charge in [-0.1, -0.05) is 108 Å². The first-order valence-corrected chi connectivity index (χ1v) is 11.9. The number of nitrogens with zero attached hydrogens (tertiary/aromatic N) is 2. The first kappa shape index (κ1) is 21.8. The standard InChI is InChI=1S/C25H35N3S/c1-2-3-4-5-6-7-8-9-10-11-12-20-24-26-27-25(29)28(24)23-19-15-17-21-16-13-14-18-22(21)23/h13-19H,2-12,20H2,1H3,(H,27,29). The molecule has 1 aromatic heterocycles. The first-order valence-electron chi connectivity index (χ1n) is 11.5. The molecule has 0 radical (unpaired) electrons. The molecule has 29 heavy (non-hydrogen) atoms. The molecule has 3 rings (SSSR count). The van der Waals surface area contributed by atoms with Crippen molar-refractivity contribution in [3.8, 4) is 5.69 Å². The number of aromatic amines is 1. The normalized spacial score (nSPS) is 11.3. The van der Waals surface area contributed by atoms with Gasteiger partial charge in [-0.05, 0) is 30.1 Å². The third-order valence-electron chi connectivity index (χ3n) is 5.75. The average Bonchev–Trinajstić information content (AvgIpc) is 3.11. The number of rotatable bonds is 13. The smallest absolute Gasteiger partial charge is 0.199 e. The van der Waals surface area contributed by atoms with Crippen LogP contribution >= 0.6 is 12.2 Å². The molecule has 0 fully saturated rings. The van der Waals surface area contributed by atoms with E-state index in [0.717, 1.165) is 17.9 Å². The SMILES string of the molecule is CCCCCCCCCCCCCc1n[nH]c(=S)n1-c1cccc2ccccc12. The summed E-state index contributed by atoms with van der Waals surface area (Å²) >= 11 is 5.55. The Morgan fingerprint density at radius 2 is 1.41 bits per heavy atom. The number of aromatic nitrogens is 3. The molecule has 1 N–H and O–H groups in total. The number of aryl methyl sites for hydroxylation is 1. The van der Waals surface area contributed by atoms with E-state index in [0.29, 0.717) is 4.77 Å². The number of H-pyrrole nitrogens is 1. The monoisotopic (exact) mass is 409 g/mol. The van der Waals surface area contributed by atoms with Crippen LogP contribution in [0.4, 0.5) is 0 Å². The summed E-state index contributed by atoms with van der Waals surface area (Å²) in [5.74, 6) is 1.04. The fourth-order valence-electron chi connectivity index (χ4n) is 4.10. The average molecular weight is 410 g/mol. The van der Waals surface area contributed by atoms with E-state index < -0.39 is 0 Å². The number of hydrogen-bond donors (Lipinski definition) is 1. The third kappa shape index (κ3) is 6.27. The van der Waals surface area contributed by atoms with Crippen molar-refractivity contribution < 1.29 is 0 Å². The van der Waals surface area contributed by atoms with Crippen LogP contribution in [0.3, 0.4) is 0 Å². The van der Waals surface area contributed by atoms with E-state index in [1.807, 2.05) is 0 Å². The van der Waals surface area contributed by atoms with Gasteiger partial charge in [-0.3, -0.25) is 9.67 Å². The highest BCUT2D eigenvalue weighted by atomic mass is 32.1. The summed E-state index contributed by atoms with van der Waals surface area (Å²) in [6.07, 6.45) is 15.9. The second-order valence-corrected chi connectivity index (χ2v) is 8.45. The van der Waals surface area contributed by atoms with Gasteiger partial charge >= 0.3 is 0 Å². The Kier molecular flexibility index (Phi) is 8.94. The minimum Gasteiger partial charge on any atom is -0.272 e. The molecule has 0 unspecified atom stereocenters. The van der Waals surface area contributed by atoms with E-state index in [-0.39, 0.29) is 0 Å². The minimum absolute atomic E-state index is 0.680. The van der Waals surface area contributed by atoms with Gasteiger partial charge in [-0.25, -0.2) is 0 Å². The Hall–Kier alpha value is -1.94. The Morgan fingerprint density at radius 1 is 0.793 bits per heavy atom. The van der Waals surface area contributed by atoms with E-state index in [4.69, 9.17) is 12.2 Å². The summed E-state index contributed by atoms with van der Waals surface area (Å²) in [6.45, 7) is 2.28. The van der Waals surface area contributed by atoms with Crippen LogP contribution in [0.15, 0.2) is 42.5 Å². The highest BCUT2D eigenvalue weighted by Gasteiger charge is 2.10. The zero-order valence-electron chi connectivity index (χ0n) is 17.8. The van der Waals surface area contributed by atoms with Crippen molar-refractivity contribution in [3.63, 3.8) is 0 Å². The summed E-state index contributed by atoms with van der Waals surface area (Å²) in [6, 6.07) is 14.8. The molecule has 0 spiro atoms. The highest BCUT2D eigenvalue weighted by molar-refractivity contribution is 7.71. The van der Waals surface area contributed by atoms with Gasteiger partial charge in [-0.15, -0.1) is 0 Å². The quantitative estimate of drug-likeness (QED) is 0.230. The van der Waals surface area contributed by atoms with E-state index in [1.54, 1.807) is 0 Å². The van der Waals surface area contributed by atoms with Gasteiger partial charge in [0.15, 0.2) is 4.77 Å². The van der Waals surface area contributed by atoms with Gasteiger partial charge < -0.3 is 0 Å². The second-order valence-electron chi connectivity index (χ2n) is 8.06. The van der Waals surface area contributed by atoms with Crippen molar-refractivity contribution in [1.29, 1.82) is 0 Å². The van der Waals surface area contributed by atoms with Gasteiger partial charge in [0, 0.05) is 11.8 Å². The number of hydrogen-bond acceptors (Lipinski definition) is 2. The van der Waals surface area contributed by atoms with Crippen molar-refractivity contribution in [2.45, 2.75) is 84.0 Å². The predicted octanol–water partition coefficient (Wildman–Crippen LogP) is 7.94. The summed E-state index contributed by atoms with van der Waals surface area (Å²) in [7, 11) is 0. The van der Waals surface area contributed by atoms with Crippen LogP contribution in [0, 0.1) is 4.77 Å². The van der Waals surface area contributed by atoms with Crippen molar-refractivity contribution in [3.05, 3.63) is 53.1 Å². The summed E-state index contributed by atoms with van der Waals surface area (Å²) in [5, 5.41) is 9.98. The lowest BCUT2D eigenvalue weighted by atomic mass is 10.1. The molecule has 0 bridgehead atoms. The van der Waals surface area contributed by atoms with Crippen LogP contribution in [-0.2, 0) is 6.42 Å². The molecule has 3 aromatic rings. The topological polar surface area (TPSA) is 33.6 Å². The summed E-state index contributed by atoms with van der Waals surface area (Å²) in [5.41, 5.74) is 1.12. The number of benzene rings is 2. The second kappa shape index (κ2) is 11.9. The maximum absolute atomic E-state index is 5.55. The van der Waals surface area contributed by atoms with Crippen LogP contribution in [0.5, 0.6) is 0 Å². The molecular formula is C25H35N3S. The number of fused-ring (bicyclic) bond motifs is 1. The number of nitrogens with one attached hydrogen (secondary N) is 1. The molecule has 3 nitrogen and oxygen atoms in total. The van der Waals surface area contributed by atoms with E-state index in [9.17, 15) is 0 Å². The van der Waals surface area contributed by atoms with Gasteiger partial charge in [0.2, 0.25) is 0 Å². The van der Waals surface area contributed by atoms with Gasteiger partial charge in [0.05, 0.1) is 5.69 Å². The van der Waals surface area contributed by atoms with Crippen molar-refractivity contribution in [2.75, 3.05) is 0 Å². The van der Waals surface area contributed by atoms with E-state index >= 15 is 0 Å². The van der Waals surface area contributed by atoms with Gasteiger partial charge in [-0.2, -0.15) is 5.10 Å². The molecule has 0 aliphatic heterocycles. The van der Waals surface area contributed by atoms with Crippen LogP contribution in [0.1, 0.15) is 83.4 Å². The molecule has 0 amide bonds. The van der Waals surface area contributed by atoms with Gasteiger partial charge in [0.25, 0.3) is 0 Å². The molecule has 2 aromatic carbocycles. The lowest BCUT2D eigenvalue weighted by molar-refractivity contribution is 0.547. The summed E-state index contributed by atoms with van der Waals surface area (Å²) in [4.78, 5) is 0. The lowest BCUT2D eigenvalue weighted by Gasteiger charge is -2.10. The van der Waals surface area contributed by atoms with Crippen LogP contribution in [0.25, 0.3) is 16.5 Å². The van der Waals surface area contributed by atoms with E-state index in [1.165, 1.54) is 81.4 Å². The molecule has 4 heteroatoms. The Balaban J connectivity index is 1.47. The third-order valence-corrected chi connectivity index (χ3v) is 6.03. The van der Waals surface area contributed by atoms with Crippen LogP contribution in [0.2, 0.25) is 0 Å². The molecule has 0 atom stereocenters. The van der Waals surface area contributed by atoms with Crippen LogP contribution < -0.4 is 0 Å². The van der Waals surface area contributed by atoms with Gasteiger partial charge in [0.1, 0.15) is 5.82 Å². The zero-order chi connectivity index (χ0) is 20.3. The van der Waals surface area contributed by atoms with Crippen molar-refractivity contribution in [1.82, 2.24) is 14.8 Å².